The summed E-state index contributed by atoms with van der Waals surface area (Å²) in [5, 5.41) is 0.764. The molecule has 1 aliphatic rings. The van der Waals surface area contributed by atoms with Gasteiger partial charge in [-0.05, 0) is 61.7 Å². The van der Waals surface area contributed by atoms with E-state index in [0.717, 1.165) is 47.8 Å². The van der Waals surface area contributed by atoms with Crippen LogP contribution in [0.5, 0.6) is 0 Å². The molecular formula is C22H25ClN4O. The van der Waals surface area contributed by atoms with Crippen LogP contribution in [0.2, 0.25) is 5.02 Å². The summed E-state index contributed by atoms with van der Waals surface area (Å²) < 4.78 is 0. The SMILES string of the molecule is Cc1cc2nc(CN3CCN(c4cc(Cl)ccc4C)CC3)c(=O)[nH]c2cc1C. The Balaban J connectivity index is 1.49. The molecule has 5 nitrogen and oxygen atoms in total. The maximum absolute atomic E-state index is 12.5. The van der Waals surface area contributed by atoms with Crippen molar-refractivity contribution in [3.63, 3.8) is 0 Å². The quantitative estimate of drug-likeness (QED) is 0.731. The lowest BCUT2D eigenvalue weighted by molar-refractivity contribution is 0.246. The van der Waals surface area contributed by atoms with Gasteiger partial charge in [0.05, 0.1) is 11.0 Å². The average molecular weight is 397 g/mol. The lowest BCUT2D eigenvalue weighted by Crippen LogP contribution is -2.46. The highest BCUT2D eigenvalue weighted by atomic mass is 35.5. The highest BCUT2D eigenvalue weighted by Crippen LogP contribution is 2.25. The molecule has 0 atom stereocenters. The van der Waals surface area contributed by atoms with Gasteiger partial charge >= 0.3 is 0 Å². The van der Waals surface area contributed by atoms with E-state index in [2.05, 4.69) is 39.7 Å². The van der Waals surface area contributed by atoms with E-state index in [-0.39, 0.29) is 5.56 Å². The van der Waals surface area contributed by atoms with Crippen LogP contribution in [0.15, 0.2) is 35.1 Å². The van der Waals surface area contributed by atoms with Crippen molar-refractivity contribution in [2.75, 3.05) is 31.1 Å². The van der Waals surface area contributed by atoms with Crippen LogP contribution in [-0.4, -0.2) is 41.0 Å². The molecule has 0 spiro atoms. The molecule has 1 aromatic heterocycles. The first kappa shape index (κ1) is 19.0. The molecule has 4 rings (SSSR count). The first-order valence-corrected chi connectivity index (χ1v) is 10.0. The van der Waals surface area contributed by atoms with Crippen molar-refractivity contribution in [1.29, 1.82) is 0 Å². The van der Waals surface area contributed by atoms with E-state index in [9.17, 15) is 4.79 Å². The second kappa shape index (κ2) is 7.57. The third-order valence-electron chi connectivity index (χ3n) is 5.64. The fourth-order valence-corrected chi connectivity index (χ4v) is 3.94. The average Bonchev–Trinajstić information content (AvgIpc) is 2.67. The van der Waals surface area contributed by atoms with Crippen molar-refractivity contribution in [2.24, 2.45) is 0 Å². The number of fused-ring (bicyclic) bond motifs is 1. The number of nitrogens with zero attached hydrogens (tertiary/aromatic N) is 3. The zero-order chi connectivity index (χ0) is 19.8. The minimum atomic E-state index is -0.0936. The van der Waals surface area contributed by atoms with Gasteiger partial charge in [-0.25, -0.2) is 4.98 Å². The molecule has 1 N–H and O–H groups in total. The highest BCUT2D eigenvalue weighted by Gasteiger charge is 2.20. The molecule has 6 heteroatoms. The number of nitrogens with one attached hydrogen (secondary N) is 1. The molecule has 0 radical (unpaired) electrons. The van der Waals surface area contributed by atoms with E-state index < -0.39 is 0 Å². The number of halogens is 1. The van der Waals surface area contributed by atoms with Crippen molar-refractivity contribution >= 4 is 28.3 Å². The fraction of sp³-hybridized carbons (Fsp3) is 0.364. The molecule has 0 unspecified atom stereocenters. The molecule has 3 aromatic rings. The van der Waals surface area contributed by atoms with E-state index in [0.29, 0.717) is 12.2 Å². The Kier molecular flexibility index (Phi) is 5.13. The van der Waals surface area contributed by atoms with Crippen LogP contribution in [0.3, 0.4) is 0 Å². The Hall–Kier alpha value is -2.37. The van der Waals surface area contributed by atoms with Crippen LogP contribution in [0.1, 0.15) is 22.4 Å². The first-order chi connectivity index (χ1) is 13.4. The minimum Gasteiger partial charge on any atom is -0.369 e. The molecule has 0 saturated carbocycles. The number of aromatic nitrogens is 2. The van der Waals surface area contributed by atoms with Crippen LogP contribution in [0.25, 0.3) is 11.0 Å². The van der Waals surface area contributed by atoms with Gasteiger partial charge in [-0.15, -0.1) is 0 Å². The molecule has 2 heterocycles. The van der Waals surface area contributed by atoms with Crippen molar-refractivity contribution in [1.82, 2.24) is 14.9 Å². The highest BCUT2D eigenvalue weighted by molar-refractivity contribution is 6.30. The molecule has 1 saturated heterocycles. The second-order valence-corrected chi connectivity index (χ2v) is 8.10. The lowest BCUT2D eigenvalue weighted by atomic mass is 10.1. The zero-order valence-corrected chi connectivity index (χ0v) is 17.3. The van der Waals surface area contributed by atoms with Gasteiger partial charge < -0.3 is 9.88 Å². The minimum absolute atomic E-state index is 0.0936. The van der Waals surface area contributed by atoms with Crippen LogP contribution in [-0.2, 0) is 6.54 Å². The first-order valence-electron chi connectivity index (χ1n) is 9.64. The Bertz CT molecular complexity index is 1080. The topological polar surface area (TPSA) is 52.2 Å². The molecule has 2 aromatic carbocycles. The summed E-state index contributed by atoms with van der Waals surface area (Å²) in [5.74, 6) is 0. The third kappa shape index (κ3) is 3.77. The number of anilines is 1. The summed E-state index contributed by atoms with van der Waals surface area (Å²) in [5.41, 5.74) is 6.92. The number of benzene rings is 2. The van der Waals surface area contributed by atoms with Crippen molar-refractivity contribution < 1.29 is 0 Å². The number of H-pyrrole nitrogens is 1. The number of aromatic amines is 1. The summed E-state index contributed by atoms with van der Waals surface area (Å²) in [6.07, 6.45) is 0. The molecule has 146 valence electrons. The molecule has 1 fully saturated rings. The molecular weight excluding hydrogens is 372 g/mol. The van der Waals surface area contributed by atoms with Crippen LogP contribution >= 0.6 is 11.6 Å². The number of piperazine rings is 1. The predicted octanol–water partition coefficient (Wildman–Crippen LogP) is 3.82. The molecule has 0 bridgehead atoms. The van der Waals surface area contributed by atoms with E-state index >= 15 is 0 Å². The molecule has 28 heavy (non-hydrogen) atoms. The number of rotatable bonds is 3. The Morgan fingerprint density at radius 3 is 2.46 bits per heavy atom. The Morgan fingerprint density at radius 1 is 1.00 bits per heavy atom. The molecule has 0 aliphatic carbocycles. The molecule has 1 aliphatic heterocycles. The zero-order valence-electron chi connectivity index (χ0n) is 16.6. The number of hydrogen-bond donors (Lipinski definition) is 1. The predicted molar refractivity (Wildman–Crippen MR) is 116 cm³/mol. The van der Waals surface area contributed by atoms with E-state index in [1.54, 1.807) is 0 Å². The fourth-order valence-electron chi connectivity index (χ4n) is 3.77. The van der Waals surface area contributed by atoms with Crippen LogP contribution in [0, 0.1) is 20.8 Å². The van der Waals surface area contributed by atoms with Gasteiger partial charge in [0.25, 0.3) is 5.56 Å². The lowest BCUT2D eigenvalue weighted by Gasteiger charge is -2.36. The van der Waals surface area contributed by atoms with Gasteiger partial charge in [-0.3, -0.25) is 9.69 Å². The van der Waals surface area contributed by atoms with Gasteiger partial charge in [0.15, 0.2) is 0 Å². The third-order valence-corrected chi connectivity index (χ3v) is 5.87. The Morgan fingerprint density at radius 2 is 1.71 bits per heavy atom. The summed E-state index contributed by atoms with van der Waals surface area (Å²) in [6.45, 7) is 10.4. The second-order valence-electron chi connectivity index (χ2n) is 7.66. The van der Waals surface area contributed by atoms with Gasteiger partial charge in [0, 0.05) is 43.4 Å². The van der Waals surface area contributed by atoms with Gasteiger partial charge in [-0.2, -0.15) is 0 Å². The monoisotopic (exact) mass is 396 g/mol. The van der Waals surface area contributed by atoms with Crippen molar-refractivity contribution in [3.8, 4) is 0 Å². The summed E-state index contributed by atoms with van der Waals surface area (Å²) in [6, 6.07) is 10.1. The van der Waals surface area contributed by atoms with E-state index in [4.69, 9.17) is 11.6 Å². The maximum Gasteiger partial charge on any atom is 0.271 e. The van der Waals surface area contributed by atoms with Gasteiger partial charge in [0.2, 0.25) is 0 Å². The molecule has 0 amide bonds. The summed E-state index contributed by atoms with van der Waals surface area (Å²) >= 11 is 6.17. The van der Waals surface area contributed by atoms with Gasteiger partial charge in [-0.1, -0.05) is 17.7 Å². The van der Waals surface area contributed by atoms with Crippen molar-refractivity contribution in [3.05, 3.63) is 68.1 Å². The maximum atomic E-state index is 12.5. The Labute approximate surface area is 170 Å². The summed E-state index contributed by atoms with van der Waals surface area (Å²) in [7, 11) is 0. The largest absolute Gasteiger partial charge is 0.369 e. The van der Waals surface area contributed by atoms with Crippen LogP contribution < -0.4 is 10.5 Å². The van der Waals surface area contributed by atoms with E-state index in [1.165, 1.54) is 16.8 Å². The smallest absolute Gasteiger partial charge is 0.271 e. The number of hydrogen-bond acceptors (Lipinski definition) is 4. The number of aryl methyl sites for hydroxylation is 3. The standard InChI is InChI=1S/C22H25ClN4O/c1-14-4-5-17(23)12-21(14)27-8-6-26(7-9-27)13-20-22(28)25-19-11-16(3)15(2)10-18(19)24-20/h4-5,10-12H,6-9,13H2,1-3H3,(H,25,28). The summed E-state index contributed by atoms with van der Waals surface area (Å²) in [4.78, 5) is 24.8. The van der Waals surface area contributed by atoms with Crippen LogP contribution in [0.4, 0.5) is 5.69 Å². The normalized spacial score (nSPS) is 15.4. The van der Waals surface area contributed by atoms with Crippen molar-refractivity contribution in [2.45, 2.75) is 27.3 Å². The van der Waals surface area contributed by atoms with Gasteiger partial charge in [0.1, 0.15) is 5.69 Å². The van der Waals surface area contributed by atoms with E-state index in [1.807, 2.05) is 31.2 Å².